The summed E-state index contributed by atoms with van der Waals surface area (Å²) in [6.07, 6.45) is 7.91. The lowest BCUT2D eigenvalue weighted by molar-refractivity contribution is -0.142. The molecule has 3 fully saturated rings. The zero-order chi connectivity index (χ0) is 45.2. The first-order valence-corrected chi connectivity index (χ1v) is 23.8. The highest BCUT2D eigenvalue weighted by Gasteiger charge is 2.61. The van der Waals surface area contributed by atoms with Crippen molar-refractivity contribution in [3.63, 3.8) is 0 Å². The van der Waals surface area contributed by atoms with Crippen molar-refractivity contribution in [2.75, 3.05) is 6.54 Å². The van der Waals surface area contributed by atoms with Crippen molar-refractivity contribution in [3.8, 4) is 23.0 Å². The molecule has 2 saturated carbocycles. The van der Waals surface area contributed by atoms with Gasteiger partial charge in [0, 0.05) is 29.7 Å². The van der Waals surface area contributed by atoms with Gasteiger partial charge in [0.2, 0.25) is 27.4 Å². The average Bonchev–Trinajstić information content (AvgIpc) is 4.18. The molecule has 14 heteroatoms. The quantitative estimate of drug-likeness (QED) is 0.0557. The van der Waals surface area contributed by atoms with E-state index in [9.17, 15) is 22.4 Å². The molecule has 1 N–H and O–H groups in total. The lowest BCUT2D eigenvalue weighted by Gasteiger charge is -2.29. The maximum absolute atomic E-state index is 15.0. The van der Waals surface area contributed by atoms with Crippen molar-refractivity contribution in [3.05, 3.63) is 109 Å². The number of benzene rings is 3. The van der Waals surface area contributed by atoms with Crippen LogP contribution in [0.3, 0.4) is 0 Å². The van der Waals surface area contributed by atoms with E-state index in [0.29, 0.717) is 59.5 Å². The number of ketones is 1. The summed E-state index contributed by atoms with van der Waals surface area (Å²) in [4.78, 5) is 55.0. The fraction of sp³-hybridized carbons (Fsp3) is 0.420. The predicted molar refractivity (Wildman–Crippen MR) is 242 cm³/mol. The summed E-state index contributed by atoms with van der Waals surface area (Å²) in [5.41, 5.74) is 1.59. The Kier molecular flexibility index (Phi) is 13.0. The van der Waals surface area contributed by atoms with Crippen LogP contribution >= 0.6 is 0 Å². The summed E-state index contributed by atoms with van der Waals surface area (Å²) in [6, 6.07) is 20.0. The molecule has 336 valence electrons. The molecule has 3 heterocycles. The van der Waals surface area contributed by atoms with Crippen LogP contribution in [0.2, 0.25) is 0 Å². The fourth-order valence-corrected chi connectivity index (χ4v) is 10.3. The van der Waals surface area contributed by atoms with E-state index in [1.54, 1.807) is 23.1 Å². The summed E-state index contributed by atoms with van der Waals surface area (Å²) >= 11 is 0. The SMILES string of the molecule is C=CCCCCC[C@H](Cc1ccc(F)cc1)C(=O)N1C[C@H](Oc2nc(-c3ccc(OC(C)C)cc3)nc3c2oc2ccccc23)C[C@H]1C(=O)C[C@]1(C(=O)NS(=O)(=O)C2CC2)C[C@H]1C=C. The second-order valence-electron chi connectivity index (χ2n) is 17.8. The monoisotopic (exact) mass is 890 g/mol. The Hall–Kier alpha value is -5.89. The molecule has 0 unspecified atom stereocenters. The highest BCUT2D eigenvalue weighted by atomic mass is 32.2. The minimum absolute atomic E-state index is 0.0105. The molecule has 0 radical (unpaired) electrons. The smallest absolute Gasteiger partial charge is 0.262 e. The third kappa shape index (κ3) is 9.76. The zero-order valence-corrected chi connectivity index (χ0v) is 37.2. The van der Waals surface area contributed by atoms with Gasteiger partial charge in [0.15, 0.2) is 11.6 Å². The van der Waals surface area contributed by atoms with Crippen molar-refractivity contribution >= 4 is 49.7 Å². The number of nitrogens with one attached hydrogen (secondary N) is 1. The number of amides is 2. The van der Waals surface area contributed by atoms with Crippen molar-refractivity contribution in [2.24, 2.45) is 17.3 Å². The summed E-state index contributed by atoms with van der Waals surface area (Å²) < 4.78 is 61.0. The topological polar surface area (TPSA) is 158 Å². The first-order chi connectivity index (χ1) is 30.8. The van der Waals surface area contributed by atoms with E-state index in [1.807, 2.05) is 68.5 Å². The summed E-state index contributed by atoms with van der Waals surface area (Å²) in [6.45, 7) is 11.6. The van der Waals surface area contributed by atoms with Crippen molar-refractivity contribution in [1.29, 1.82) is 0 Å². The molecule has 2 aliphatic carbocycles. The second kappa shape index (κ2) is 18.7. The maximum Gasteiger partial charge on any atom is 0.262 e. The van der Waals surface area contributed by atoms with Crippen LogP contribution in [0.25, 0.3) is 33.5 Å². The fourth-order valence-electron chi connectivity index (χ4n) is 8.94. The van der Waals surface area contributed by atoms with E-state index < -0.39 is 50.6 Å². The number of nitrogens with zero attached hydrogens (tertiary/aromatic N) is 3. The Morgan fingerprint density at radius 3 is 2.44 bits per heavy atom. The molecule has 0 spiro atoms. The second-order valence-corrected chi connectivity index (χ2v) is 19.7. The lowest BCUT2D eigenvalue weighted by Crippen LogP contribution is -2.46. The van der Waals surface area contributed by atoms with Crippen LogP contribution in [0.1, 0.15) is 83.6 Å². The molecule has 5 atom stereocenters. The largest absolute Gasteiger partial charge is 0.491 e. The van der Waals surface area contributed by atoms with Gasteiger partial charge in [0.25, 0.3) is 5.88 Å². The van der Waals surface area contributed by atoms with Gasteiger partial charge in [-0.3, -0.25) is 19.1 Å². The molecule has 2 amide bonds. The minimum atomic E-state index is -3.89. The van der Waals surface area contributed by atoms with Crippen LogP contribution in [0.4, 0.5) is 4.39 Å². The van der Waals surface area contributed by atoms with Crippen LogP contribution in [0.5, 0.6) is 11.6 Å². The number of halogens is 1. The van der Waals surface area contributed by atoms with Crippen molar-refractivity contribution < 1.29 is 41.1 Å². The molecular formula is C50H55FN4O8S. The van der Waals surface area contributed by atoms with Gasteiger partial charge < -0.3 is 18.8 Å². The number of ether oxygens (including phenoxy) is 2. The standard InChI is InChI=1S/C50H55FN4O8S/c1-5-7-8-9-10-13-34(26-32-16-20-36(51)21-17-32)48(57)55-30-38(27-41(55)42(56)29-50(28-35(50)6-2)49(58)54-64(59,60)39-24-25-39)62-47-45-44(40-14-11-12-15-43(40)63-45)52-46(53-47)33-18-22-37(23-19-33)61-31(3)4/h5-6,11-12,14-23,31,34-35,38-39,41H,1-2,7-10,13,24-30H2,3-4H3,(H,54,58)/t34-,35-,38-,41+,50-/m1/s1. The Labute approximate surface area is 373 Å². The van der Waals surface area contributed by atoms with Crippen molar-refractivity contribution in [1.82, 2.24) is 19.6 Å². The molecule has 1 aliphatic heterocycles. The number of rotatable bonds is 21. The highest BCUT2D eigenvalue weighted by Crippen LogP contribution is 2.57. The number of hydrogen-bond acceptors (Lipinski definition) is 10. The van der Waals surface area contributed by atoms with E-state index in [2.05, 4.69) is 17.9 Å². The maximum atomic E-state index is 15.0. The molecule has 1 saturated heterocycles. The molecule has 5 aromatic rings. The molecular weight excluding hydrogens is 836 g/mol. The minimum Gasteiger partial charge on any atom is -0.491 e. The predicted octanol–water partition coefficient (Wildman–Crippen LogP) is 9.07. The van der Waals surface area contributed by atoms with Gasteiger partial charge in [-0.15, -0.1) is 13.2 Å². The number of unbranched alkanes of at least 4 members (excludes halogenated alkanes) is 3. The Morgan fingerprint density at radius 2 is 1.75 bits per heavy atom. The van der Waals surface area contributed by atoms with Crippen LogP contribution in [0.15, 0.2) is 103 Å². The van der Waals surface area contributed by atoms with Crippen LogP contribution < -0.4 is 14.2 Å². The molecule has 12 nitrogen and oxygen atoms in total. The van der Waals surface area contributed by atoms with Crippen LogP contribution in [-0.4, -0.2) is 70.9 Å². The number of aromatic nitrogens is 2. The molecule has 3 aromatic carbocycles. The van der Waals surface area contributed by atoms with E-state index >= 15 is 4.79 Å². The number of para-hydroxylation sites is 1. The molecule has 2 aromatic heterocycles. The first-order valence-electron chi connectivity index (χ1n) is 22.3. The highest BCUT2D eigenvalue weighted by molar-refractivity contribution is 7.90. The summed E-state index contributed by atoms with van der Waals surface area (Å²) in [5, 5.41) is 0.131. The van der Waals surface area contributed by atoms with Crippen molar-refractivity contribution in [2.45, 2.75) is 108 Å². The number of allylic oxidation sites excluding steroid dienone is 2. The lowest BCUT2D eigenvalue weighted by atomic mass is 9.89. The van der Waals surface area contributed by atoms with Gasteiger partial charge >= 0.3 is 0 Å². The van der Waals surface area contributed by atoms with E-state index in [1.165, 1.54) is 12.1 Å². The van der Waals surface area contributed by atoms with Crippen LogP contribution in [0, 0.1) is 23.1 Å². The third-order valence-corrected chi connectivity index (χ3v) is 14.5. The van der Waals surface area contributed by atoms with E-state index in [-0.39, 0.29) is 55.3 Å². The van der Waals surface area contributed by atoms with Gasteiger partial charge in [-0.1, -0.05) is 49.3 Å². The van der Waals surface area contributed by atoms with E-state index in [4.69, 9.17) is 23.9 Å². The molecule has 0 bridgehead atoms. The summed E-state index contributed by atoms with van der Waals surface area (Å²) in [5.74, 6) is -1.51. The first kappa shape index (κ1) is 44.7. The van der Waals surface area contributed by atoms with Crippen LogP contribution in [-0.2, 0) is 30.8 Å². The number of carbonyl (C=O) groups excluding carboxylic acids is 3. The molecule has 3 aliphatic rings. The number of Topliss-reactive ketones (excluding diaryl/α,β-unsaturated/α-hetero) is 1. The number of fused-ring (bicyclic) bond motifs is 3. The van der Waals surface area contributed by atoms with Gasteiger partial charge in [-0.05, 0) is 119 Å². The van der Waals surface area contributed by atoms with Gasteiger partial charge in [0.1, 0.15) is 28.8 Å². The molecule has 64 heavy (non-hydrogen) atoms. The normalized spacial score (nSPS) is 21.2. The third-order valence-electron chi connectivity index (χ3n) is 12.6. The number of likely N-dealkylation sites (tertiary alicyclic amines) is 1. The van der Waals surface area contributed by atoms with Gasteiger partial charge in [-0.25, -0.2) is 17.8 Å². The summed E-state index contributed by atoms with van der Waals surface area (Å²) in [7, 11) is -3.89. The average molecular weight is 891 g/mol. The number of carbonyl (C=O) groups is 3. The Morgan fingerprint density at radius 1 is 1.00 bits per heavy atom. The zero-order valence-electron chi connectivity index (χ0n) is 36.3. The number of furan rings is 1. The van der Waals surface area contributed by atoms with E-state index in [0.717, 1.165) is 36.6 Å². The Balaban J connectivity index is 1.13. The number of hydrogen-bond donors (Lipinski definition) is 1. The van der Waals surface area contributed by atoms with Gasteiger partial charge in [-0.2, -0.15) is 4.98 Å². The Bertz CT molecular complexity index is 2660. The molecule has 8 rings (SSSR count). The van der Waals surface area contributed by atoms with Gasteiger partial charge in [0.05, 0.1) is 29.4 Å². The number of sulfonamides is 1.